The molecule has 0 saturated carbocycles. The maximum absolute atomic E-state index is 12.3. The highest BCUT2D eigenvalue weighted by atomic mass is 16.3. The summed E-state index contributed by atoms with van der Waals surface area (Å²) in [5.41, 5.74) is 7.94. The number of benzene rings is 1. The third-order valence-electron chi connectivity index (χ3n) is 3.73. The largest absolute Gasteiger partial charge is 0.394 e. The second-order valence-electron chi connectivity index (χ2n) is 5.68. The van der Waals surface area contributed by atoms with E-state index in [4.69, 9.17) is 10.8 Å². The van der Waals surface area contributed by atoms with Gasteiger partial charge in [-0.2, -0.15) is 5.10 Å². The molecule has 7 nitrogen and oxygen atoms in total. The molecule has 0 saturated heterocycles. The average Bonchev–Trinajstić information content (AvgIpc) is 2.85. The summed E-state index contributed by atoms with van der Waals surface area (Å²) in [6.07, 6.45) is 0. The predicted octanol–water partition coefficient (Wildman–Crippen LogP) is 1.48. The van der Waals surface area contributed by atoms with E-state index in [9.17, 15) is 4.79 Å². The number of hydrogen-bond donors (Lipinski definition) is 3. The van der Waals surface area contributed by atoms with Crippen molar-refractivity contribution in [2.45, 2.75) is 26.3 Å². The summed E-state index contributed by atoms with van der Waals surface area (Å²) in [6, 6.07) is 7.15. The number of anilines is 1. The van der Waals surface area contributed by atoms with Gasteiger partial charge in [-0.15, -0.1) is 0 Å². The maximum Gasteiger partial charge on any atom is 0.259 e. The van der Waals surface area contributed by atoms with Crippen LogP contribution in [0.4, 0.5) is 5.82 Å². The van der Waals surface area contributed by atoms with E-state index in [1.54, 1.807) is 22.9 Å². The normalized spacial score (nSPS) is 11.5. The minimum atomic E-state index is -0.213. The van der Waals surface area contributed by atoms with Gasteiger partial charge in [-0.1, -0.05) is 26.0 Å². The molecule has 4 N–H and O–H groups in total. The van der Waals surface area contributed by atoms with Crippen LogP contribution in [0.5, 0.6) is 0 Å². The molecule has 0 aliphatic rings. The Morgan fingerprint density at radius 1 is 1.35 bits per heavy atom. The van der Waals surface area contributed by atoms with Gasteiger partial charge in [-0.3, -0.25) is 4.79 Å². The Balaban J connectivity index is 2.27. The molecular formula is C16H19N5O2. The van der Waals surface area contributed by atoms with Crippen LogP contribution in [0.2, 0.25) is 0 Å². The van der Waals surface area contributed by atoms with E-state index in [0.29, 0.717) is 34.7 Å². The lowest BCUT2D eigenvalue weighted by atomic mass is 10.0. The third kappa shape index (κ3) is 2.59. The molecule has 0 radical (unpaired) electrons. The van der Waals surface area contributed by atoms with E-state index in [1.165, 1.54) is 0 Å². The first-order chi connectivity index (χ1) is 11.0. The van der Waals surface area contributed by atoms with E-state index in [-0.39, 0.29) is 18.1 Å². The monoisotopic (exact) mass is 313 g/mol. The number of nitrogen functional groups attached to an aromatic ring is 1. The zero-order valence-corrected chi connectivity index (χ0v) is 13.1. The van der Waals surface area contributed by atoms with Gasteiger partial charge in [0.15, 0.2) is 0 Å². The minimum absolute atomic E-state index is 0.0650. The fraction of sp³-hybridized carbons (Fsp3) is 0.312. The van der Waals surface area contributed by atoms with Gasteiger partial charge in [0.05, 0.1) is 35.3 Å². The third-order valence-corrected chi connectivity index (χ3v) is 3.73. The fourth-order valence-corrected chi connectivity index (χ4v) is 2.61. The van der Waals surface area contributed by atoms with E-state index in [2.05, 4.69) is 15.1 Å². The van der Waals surface area contributed by atoms with E-state index < -0.39 is 0 Å². The van der Waals surface area contributed by atoms with Crippen molar-refractivity contribution in [1.29, 1.82) is 0 Å². The molecule has 0 amide bonds. The lowest BCUT2D eigenvalue weighted by Gasteiger charge is -2.07. The first-order valence-electron chi connectivity index (χ1n) is 7.49. The zero-order chi connectivity index (χ0) is 16.6. The van der Waals surface area contributed by atoms with Crippen molar-refractivity contribution in [2.24, 2.45) is 0 Å². The van der Waals surface area contributed by atoms with Crippen molar-refractivity contribution in [1.82, 2.24) is 19.7 Å². The highest BCUT2D eigenvalue weighted by Gasteiger charge is 2.21. The molecular weight excluding hydrogens is 294 g/mol. The molecule has 0 fully saturated rings. The Labute approximate surface area is 132 Å². The molecule has 3 aromatic rings. The summed E-state index contributed by atoms with van der Waals surface area (Å²) in [5, 5.41) is 14.1. The summed E-state index contributed by atoms with van der Waals surface area (Å²) in [7, 11) is 0. The minimum Gasteiger partial charge on any atom is -0.394 e. The Hall–Kier alpha value is -2.67. The first-order valence-corrected chi connectivity index (χ1v) is 7.49. The van der Waals surface area contributed by atoms with Crippen LogP contribution >= 0.6 is 0 Å². The summed E-state index contributed by atoms with van der Waals surface area (Å²) < 4.78 is 1.54. The summed E-state index contributed by atoms with van der Waals surface area (Å²) >= 11 is 0. The predicted molar refractivity (Wildman–Crippen MR) is 89.2 cm³/mol. The SMILES string of the molecule is CC(C)c1nn(CCO)c(N)c1-c1nc2ccccc2c(=O)[nH]1. The van der Waals surface area contributed by atoms with E-state index >= 15 is 0 Å². The molecule has 0 spiro atoms. The lowest BCUT2D eigenvalue weighted by Crippen LogP contribution is -2.11. The number of aliphatic hydroxyl groups is 1. The Bertz CT molecular complexity index is 910. The number of nitrogens with zero attached hydrogens (tertiary/aromatic N) is 3. The highest BCUT2D eigenvalue weighted by Crippen LogP contribution is 2.31. The molecule has 7 heteroatoms. The van der Waals surface area contributed by atoms with Gasteiger partial charge in [0.1, 0.15) is 11.6 Å². The van der Waals surface area contributed by atoms with Gasteiger partial charge in [-0.25, -0.2) is 9.67 Å². The number of H-pyrrole nitrogens is 1. The smallest absolute Gasteiger partial charge is 0.259 e. The van der Waals surface area contributed by atoms with Crippen molar-refractivity contribution < 1.29 is 5.11 Å². The summed E-state index contributed by atoms with van der Waals surface area (Å²) in [4.78, 5) is 19.6. The molecule has 120 valence electrons. The van der Waals surface area contributed by atoms with Gasteiger partial charge in [0.25, 0.3) is 5.56 Å². The lowest BCUT2D eigenvalue weighted by molar-refractivity contribution is 0.270. The number of para-hydroxylation sites is 1. The summed E-state index contributed by atoms with van der Waals surface area (Å²) in [6.45, 7) is 4.22. The fourth-order valence-electron chi connectivity index (χ4n) is 2.61. The number of nitrogens with two attached hydrogens (primary N) is 1. The van der Waals surface area contributed by atoms with Gasteiger partial charge < -0.3 is 15.8 Å². The van der Waals surface area contributed by atoms with Gasteiger partial charge in [0.2, 0.25) is 0 Å². The molecule has 0 aliphatic carbocycles. The number of nitrogens with one attached hydrogen (secondary N) is 1. The first kappa shape index (κ1) is 15.2. The number of hydrogen-bond acceptors (Lipinski definition) is 5. The van der Waals surface area contributed by atoms with Crippen LogP contribution < -0.4 is 11.3 Å². The molecule has 0 unspecified atom stereocenters. The standard InChI is InChI=1S/C16H19N5O2/c1-9(2)13-12(14(17)21(20-13)7-8-22)15-18-11-6-4-3-5-10(11)16(23)19-15/h3-6,9,22H,7-8,17H2,1-2H3,(H,18,19,23). The van der Waals surface area contributed by atoms with Crippen LogP contribution in [-0.2, 0) is 6.54 Å². The molecule has 0 bridgehead atoms. The van der Waals surface area contributed by atoms with Crippen LogP contribution in [-0.4, -0.2) is 31.5 Å². The second-order valence-corrected chi connectivity index (χ2v) is 5.68. The average molecular weight is 313 g/mol. The van der Waals surface area contributed by atoms with E-state index in [0.717, 1.165) is 5.69 Å². The van der Waals surface area contributed by atoms with Crippen LogP contribution in [0.3, 0.4) is 0 Å². The topological polar surface area (TPSA) is 110 Å². The Morgan fingerprint density at radius 2 is 2.09 bits per heavy atom. The Kier molecular flexibility index (Phi) is 3.87. The highest BCUT2D eigenvalue weighted by molar-refractivity contribution is 5.81. The van der Waals surface area contributed by atoms with Crippen molar-refractivity contribution in [3.05, 3.63) is 40.3 Å². The van der Waals surface area contributed by atoms with Crippen molar-refractivity contribution in [3.63, 3.8) is 0 Å². The van der Waals surface area contributed by atoms with Crippen molar-refractivity contribution >= 4 is 16.7 Å². The number of aromatic amines is 1. The molecule has 2 aromatic heterocycles. The van der Waals surface area contributed by atoms with Crippen LogP contribution in [0, 0.1) is 0 Å². The quantitative estimate of drug-likeness (QED) is 0.676. The van der Waals surface area contributed by atoms with E-state index in [1.807, 2.05) is 19.9 Å². The van der Waals surface area contributed by atoms with Gasteiger partial charge >= 0.3 is 0 Å². The van der Waals surface area contributed by atoms with Crippen LogP contribution in [0.25, 0.3) is 22.3 Å². The van der Waals surface area contributed by atoms with Gasteiger partial charge in [-0.05, 0) is 18.1 Å². The number of aromatic nitrogens is 4. The number of fused-ring (bicyclic) bond motifs is 1. The number of rotatable bonds is 4. The molecule has 3 rings (SSSR count). The molecule has 1 aromatic carbocycles. The second kappa shape index (κ2) is 5.85. The molecule has 0 aliphatic heterocycles. The molecule has 23 heavy (non-hydrogen) atoms. The van der Waals surface area contributed by atoms with Crippen molar-refractivity contribution in [3.8, 4) is 11.4 Å². The zero-order valence-electron chi connectivity index (χ0n) is 13.1. The Morgan fingerprint density at radius 3 is 2.78 bits per heavy atom. The van der Waals surface area contributed by atoms with Crippen molar-refractivity contribution in [2.75, 3.05) is 12.3 Å². The van der Waals surface area contributed by atoms with Crippen LogP contribution in [0.1, 0.15) is 25.5 Å². The van der Waals surface area contributed by atoms with Gasteiger partial charge in [0, 0.05) is 0 Å². The molecule has 0 atom stereocenters. The number of aliphatic hydroxyl groups excluding tert-OH is 1. The summed E-state index contributed by atoms with van der Waals surface area (Å²) in [5.74, 6) is 0.893. The maximum atomic E-state index is 12.3. The molecule has 2 heterocycles. The van der Waals surface area contributed by atoms with Crippen LogP contribution in [0.15, 0.2) is 29.1 Å².